The number of benzene rings is 2. The number of aromatic carboxylic acids is 1. The van der Waals surface area contributed by atoms with Crippen LogP contribution in [0.1, 0.15) is 59.7 Å². The molecule has 0 saturated heterocycles. The summed E-state index contributed by atoms with van der Waals surface area (Å²) in [7, 11) is 0. The van der Waals surface area contributed by atoms with Crippen LogP contribution in [0.4, 0.5) is 0 Å². The van der Waals surface area contributed by atoms with E-state index in [9.17, 15) is 14.7 Å². The lowest BCUT2D eigenvalue weighted by Gasteiger charge is -2.35. The average Bonchev–Trinajstić information content (AvgIpc) is 2.76. The summed E-state index contributed by atoms with van der Waals surface area (Å²) >= 11 is 0. The summed E-state index contributed by atoms with van der Waals surface area (Å²) in [6.45, 7) is 3.74. The molecule has 174 valence electrons. The molecule has 7 heteroatoms. The Balaban J connectivity index is 0.00000363. The van der Waals surface area contributed by atoms with E-state index in [0.29, 0.717) is 25.3 Å². The van der Waals surface area contributed by atoms with E-state index >= 15 is 0 Å². The molecule has 0 aliphatic heterocycles. The van der Waals surface area contributed by atoms with Gasteiger partial charge >= 0.3 is 11.9 Å². The molecule has 0 heterocycles. The van der Waals surface area contributed by atoms with Crippen LogP contribution >= 0.6 is 12.4 Å². The van der Waals surface area contributed by atoms with Crippen molar-refractivity contribution in [3.05, 3.63) is 64.7 Å². The number of hydrogen-bond acceptors (Lipinski definition) is 5. The van der Waals surface area contributed by atoms with Crippen LogP contribution in [-0.2, 0) is 28.9 Å². The van der Waals surface area contributed by atoms with Crippen LogP contribution in [0.15, 0.2) is 42.5 Å². The molecular formula is C25H32ClNO5. The summed E-state index contributed by atoms with van der Waals surface area (Å²) in [5, 5.41) is 19.5. The van der Waals surface area contributed by atoms with E-state index in [1.165, 1.54) is 5.56 Å². The minimum absolute atomic E-state index is 0. The summed E-state index contributed by atoms with van der Waals surface area (Å²) in [5.41, 5.74) is 3.57. The standard InChI is InChI=1S/C25H31NO5.ClH/c1-2-31-24(28)8-3-4-15-26(17-18-9-11-20(12-10-18)25(29)30)21-14-13-19-6-5-7-23(27)22(19)16-21;/h5-7,9-12,21,27H,2-4,8,13-17H2,1H3,(H,29,30);1H. The predicted molar refractivity (Wildman–Crippen MR) is 125 cm³/mol. The number of phenols is 1. The maximum atomic E-state index is 11.6. The number of rotatable bonds is 10. The van der Waals surface area contributed by atoms with Gasteiger partial charge in [0, 0.05) is 19.0 Å². The van der Waals surface area contributed by atoms with E-state index in [1.54, 1.807) is 18.2 Å². The lowest BCUT2D eigenvalue weighted by atomic mass is 9.86. The topological polar surface area (TPSA) is 87.1 Å². The number of phenolic OH excluding ortho intramolecular Hbond substituents is 1. The van der Waals surface area contributed by atoms with Crippen molar-refractivity contribution in [1.29, 1.82) is 0 Å². The van der Waals surface area contributed by atoms with Crippen molar-refractivity contribution in [2.45, 2.75) is 58.0 Å². The Morgan fingerprint density at radius 3 is 2.56 bits per heavy atom. The maximum Gasteiger partial charge on any atom is 0.335 e. The van der Waals surface area contributed by atoms with Crippen molar-refractivity contribution < 1.29 is 24.5 Å². The quantitative estimate of drug-likeness (QED) is 0.397. The second-order valence-corrected chi connectivity index (χ2v) is 8.05. The zero-order valence-corrected chi connectivity index (χ0v) is 19.3. The number of carboxylic acid groups (broad SMARTS) is 1. The van der Waals surface area contributed by atoms with E-state index in [4.69, 9.17) is 9.84 Å². The number of carboxylic acids is 1. The van der Waals surface area contributed by atoms with Crippen LogP contribution in [0.3, 0.4) is 0 Å². The summed E-state index contributed by atoms with van der Waals surface area (Å²) in [5.74, 6) is -0.730. The van der Waals surface area contributed by atoms with Gasteiger partial charge in [-0.2, -0.15) is 0 Å². The van der Waals surface area contributed by atoms with E-state index in [-0.39, 0.29) is 30.0 Å². The van der Waals surface area contributed by atoms with Crippen molar-refractivity contribution in [2.24, 2.45) is 0 Å². The summed E-state index contributed by atoms with van der Waals surface area (Å²) < 4.78 is 5.02. The molecule has 0 saturated carbocycles. The van der Waals surface area contributed by atoms with Gasteiger partial charge in [-0.05, 0) is 80.5 Å². The first-order chi connectivity index (χ1) is 15.0. The predicted octanol–water partition coefficient (Wildman–Crippen LogP) is 4.61. The Bertz CT molecular complexity index is 900. The number of unbranched alkanes of at least 4 members (excludes halogenated alkanes) is 1. The van der Waals surface area contributed by atoms with Crippen LogP contribution in [0.25, 0.3) is 0 Å². The van der Waals surface area contributed by atoms with Gasteiger partial charge in [0.05, 0.1) is 12.2 Å². The SMILES string of the molecule is CCOC(=O)CCCCN(Cc1ccc(C(=O)O)cc1)C1CCc2cccc(O)c2C1.Cl. The largest absolute Gasteiger partial charge is 0.508 e. The Labute approximate surface area is 195 Å². The molecule has 1 aliphatic rings. The van der Waals surface area contributed by atoms with Gasteiger partial charge < -0.3 is 14.9 Å². The third-order valence-electron chi connectivity index (χ3n) is 5.92. The summed E-state index contributed by atoms with van der Waals surface area (Å²) in [6, 6.07) is 13.0. The molecule has 2 aromatic carbocycles. The first kappa shape index (κ1) is 25.7. The third-order valence-corrected chi connectivity index (χ3v) is 5.92. The van der Waals surface area contributed by atoms with Gasteiger partial charge in [0.15, 0.2) is 0 Å². The van der Waals surface area contributed by atoms with Crippen molar-refractivity contribution in [3.8, 4) is 5.75 Å². The normalized spacial score (nSPS) is 15.0. The molecule has 0 fully saturated rings. The molecule has 0 amide bonds. The van der Waals surface area contributed by atoms with E-state index in [0.717, 1.165) is 49.8 Å². The molecule has 2 N–H and O–H groups in total. The molecule has 0 spiro atoms. The molecule has 3 rings (SSSR count). The number of aryl methyl sites for hydroxylation is 1. The minimum Gasteiger partial charge on any atom is -0.508 e. The van der Waals surface area contributed by atoms with Crippen LogP contribution in [0.2, 0.25) is 0 Å². The first-order valence-corrected chi connectivity index (χ1v) is 11.0. The van der Waals surface area contributed by atoms with Gasteiger partial charge in [0.25, 0.3) is 0 Å². The highest BCUT2D eigenvalue weighted by Gasteiger charge is 2.26. The van der Waals surface area contributed by atoms with Crippen LogP contribution < -0.4 is 0 Å². The van der Waals surface area contributed by atoms with Gasteiger partial charge in [0.2, 0.25) is 0 Å². The molecule has 1 atom stereocenters. The molecule has 1 aliphatic carbocycles. The van der Waals surface area contributed by atoms with Gasteiger partial charge in [-0.3, -0.25) is 9.69 Å². The zero-order chi connectivity index (χ0) is 22.2. The minimum atomic E-state index is -0.929. The Hall–Kier alpha value is -2.57. The number of fused-ring (bicyclic) bond motifs is 1. The number of hydrogen-bond donors (Lipinski definition) is 2. The molecule has 1 unspecified atom stereocenters. The number of aromatic hydroxyl groups is 1. The second-order valence-electron chi connectivity index (χ2n) is 8.05. The van der Waals surface area contributed by atoms with Crippen molar-refractivity contribution in [3.63, 3.8) is 0 Å². The Kier molecular flexibility index (Phi) is 10.0. The molecule has 2 aromatic rings. The molecule has 0 radical (unpaired) electrons. The molecular weight excluding hydrogens is 430 g/mol. The number of carbonyl (C=O) groups is 2. The van der Waals surface area contributed by atoms with E-state index in [1.807, 2.05) is 25.1 Å². The molecule has 6 nitrogen and oxygen atoms in total. The van der Waals surface area contributed by atoms with Crippen molar-refractivity contribution in [2.75, 3.05) is 13.2 Å². The van der Waals surface area contributed by atoms with Gasteiger partial charge in [-0.15, -0.1) is 12.4 Å². The molecule has 0 bridgehead atoms. The van der Waals surface area contributed by atoms with Crippen molar-refractivity contribution in [1.82, 2.24) is 4.90 Å². The fraction of sp³-hybridized carbons (Fsp3) is 0.440. The van der Waals surface area contributed by atoms with Crippen LogP contribution in [0.5, 0.6) is 5.75 Å². The summed E-state index contributed by atoms with van der Waals surface area (Å²) in [6.07, 6.45) is 4.77. The number of halogens is 1. The highest BCUT2D eigenvalue weighted by Crippen LogP contribution is 2.31. The fourth-order valence-electron chi connectivity index (χ4n) is 4.26. The van der Waals surface area contributed by atoms with E-state index < -0.39 is 5.97 Å². The number of nitrogens with zero attached hydrogens (tertiary/aromatic N) is 1. The van der Waals surface area contributed by atoms with Gasteiger partial charge in [-0.1, -0.05) is 24.3 Å². The Morgan fingerprint density at radius 2 is 1.88 bits per heavy atom. The second kappa shape index (κ2) is 12.5. The molecule has 32 heavy (non-hydrogen) atoms. The monoisotopic (exact) mass is 461 g/mol. The van der Waals surface area contributed by atoms with Gasteiger partial charge in [-0.25, -0.2) is 4.79 Å². The van der Waals surface area contributed by atoms with E-state index in [2.05, 4.69) is 11.0 Å². The lowest BCUT2D eigenvalue weighted by Crippen LogP contribution is -2.39. The first-order valence-electron chi connectivity index (χ1n) is 11.0. The highest BCUT2D eigenvalue weighted by atomic mass is 35.5. The van der Waals surface area contributed by atoms with Crippen LogP contribution in [0, 0.1) is 0 Å². The number of carbonyl (C=O) groups excluding carboxylic acids is 1. The van der Waals surface area contributed by atoms with Crippen LogP contribution in [-0.4, -0.2) is 46.2 Å². The highest BCUT2D eigenvalue weighted by molar-refractivity contribution is 5.87. The fourth-order valence-corrected chi connectivity index (χ4v) is 4.26. The number of ether oxygens (including phenoxy) is 1. The lowest BCUT2D eigenvalue weighted by molar-refractivity contribution is -0.143. The average molecular weight is 462 g/mol. The third kappa shape index (κ3) is 6.97. The van der Waals surface area contributed by atoms with Gasteiger partial charge in [0.1, 0.15) is 5.75 Å². The maximum absolute atomic E-state index is 11.6. The van der Waals surface area contributed by atoms with Crippen molar-refractivity contribution >= 4 is 24.3 Å². The smallest absolute Gasteiger partial charge is 0.335 e. The zero-order valence-electron chi connectivity index (χ0n) is 18.5. The molecule has 0 aromatic heterocycles. The Morgan fingerprint density at radius 1 is 1.12 bits per heavy atom. The number of esters is 1. The summed E-state index contributed by atoms with van der Waals surface area (Å²) in [4.78, 5) is 25.2.